The number of likely N-dealkylation sites (tertiary alicyclic amines) is 1. The number of aromatic nitrogens is 2. The molecule has 2 heterocycles. The molecule has 1 aliphatic heterocycles. The maximum absolute atomic E-state index is 12.6. The largest absolute Gasteiger partial charge is 0.352 e. The van der Waals surface area contributed by atoms with Gasteiger partial charge in [0, 0.05) is 43.7 Å². The molecule has 1 amide bonds. The first-order chi connectivity index (χ1) is 14.6. The molecule has 1 saturated heterocycles. The van der Waals surface area contributed by atoms with Crippen molar-refractivity contribution in [3.05, 3.63) is 71.6 Å². The summed E-state index contributed by atoms with van der Waals surface area (Å²) in [5.41, 5.74) is 2.75. The molecule has 3 aromatic rings. The molecule has 156 valence electrons. The molecule has 0 spiro atoms. The van der Waals surface area contributed by atoms with Gasteiger partial charge in [-0.2, -0.15) is 4.98 Å². The molecule has 0 bridgehead atoms. The van der Waals surface area contributed by atoms with Crippen LogP contribution in [0.5, 0.6) is 0 Å². The standard InChI is InChI=1S/C24H28N4O2/c1-17-13-20(16-28(17)15-19-7-4-3-5-8-19)11-12-25-24(29)22-10-6-9-21(14-22)23-26-18(2)30-27-23/h3-10,14,17,20H,11-13,15-16H2,1-2H3,(H,25,29)/t17-,20+/m1/s1. The van der Waals surface area contributed by atoms with Crippen molar-refractivity contribution in [3.63, 3.8) is 0 Å². The zero-order valence-electron chi connectivity index (χ0n) is 17.5. The van der Waals surface area contributed by atoms with Gasteiger partial charge >= 0.3 is 0 Å². The molecule has 1 N–H and O–H groups in total. The Morgan fingerprint density at radius 1 is 1.20 bits per heavy atom. The van der Waals surface area contributed by atoms with E-state index in [4.69, 9.17) is 4.52 Å². The van der Waals surface area contributed by atoms with Gasteiger partial charge in [0.2, 0.25) is 11.7 Å². The summed E-state index contributed by atoms with van der Waals surface area (Å²) in [7, 11) is 0. The fraction of sp³-hybridized carbons (Fsp3) is 0.375. The van der Waals surface area contributed by atoms with Gasteiger partial charge in [0.05, 0.1) is 0 Å². The second-order valence-corrected chi connectivity index (χ2v) is 8.13. The molecule has 6 nitrogen and oxygen atoms in total. The van der Waals surface area contributed by atoms with Crippen molar-refractivity contribution in [2.75, 3.05) is 13.1 Å². The number of hydrogen-bond acceptors (Lipinski definition) is 5. The predicted molar refractivity (Wildman–Crippen MR) is 116 cm³/mol. The van der Waals surface area contributed by atoms with Crippen molar-refractivity contribution in [2.24, 2.45) is 5.92 Å². The highest BCUT2D eigenvalue weighted by Crippen LogP contribution is 2.27. The monoisotopic (exact) mass is 404 g/mol. The van der Waals surface area contributed by atoms with Crippen LogP contribution in [0.25, 0.3) is 11.4 Å². The van der Waals surface area contributed by atoms with Gasteiger partial charge in [-0.25, -0.2) is 0 Å². The number of rotatable bonds is 7. The Hall–Kier alpha value is -2.99. The number of nitrogens with one attached hydrogen (secondary N) is 1. The Morgan fingerprint density at radius 3 is 2.80 bits per heavy atom. The van der Waals surface area contributed by atoms with Crippen molar-refractivity contribution >= 4 is 5.91 Å². The van der Waals surface area contributed by atoms with E-state index in [-0.39, 0.29) is 5.91 Å². The summed E-state index contributed by atoms with van der Waals surface area (Å²) in [6.45, 7) is 6.80. The van der Waals surface area contributed by atoms with Crippen LogP contribution in [-0.2, 0) is 6.54 Å². The molecule has 30 heavy (non-hydrogen) atoms. The molecule has 0 saturated carbocycles. The molecule has 4 rings (SSSR count). The Balaban J connectivity index is 1.27. The Kier molecular flexibility index (Phi) is 6.23. The summed E-state index contributed by atoms with van der Waals surface area (Å²) in [5.74, 6) is 1.55. The topological polar surface area (TPSA) is 71.3 Å². The molecule has 1 aromatic heterocycles. The van der Waals surface area contributed by atoms with E-state index in [0.717, 1.165) is 25.1 Å². The van der Waals surface area contributed by atoms with Crippen LogP contribution in [0, 0.1) is 12.8 Å². The number of amides is 1. The summed E-state index contributed by atoms with van der Waals surface area (Å²) in [4.78, 5) is 19.4. The summed E-state index contributed by atoms with van der Waals surface area (Å²) in [5, 5.41) is 6.99. The van der Waals surface area contributed by atoms with Gasteiger partial charge in [0.15, 0.2) is 0 Å². The summed E-state index contributed by atoms with van der Waals surface area (Å²) >= 11 is 0. The summed E-state index contributed by atoms with van der Waals surface area (Å²) < 4.78 is 5.03. The normalized spacial score (nSPS) is 19.1. The van der Waals surface area contributed by atoms with Crippen molar-refractivity contribution in [1.29, 1.82) is 0 Å². The Labute approximate surface area is 177 Å². The van der Waals surface area contributed by atoms with E-state index in [1.807, 2.05) is 18.2 Å². The SMILES string of the molecule is Cc1nc(-c2cccc(C(=O)NCC[C@H]3C[C@@H](C)N(Cc4ccccc4)C3)c2)no1. The van der Waals surface area contributed by atoms with E-state index in [0.29, 0.717) is 35.8 Å². The van der Waals surface area contributed by atoms with Crippen LogP contribution in [0.1, 0.15) is 41.6 Å². The zero-order valence-corrected chi connectivity index (χ0v) is 17.5. The predicted octanol–water partition coefficient (Wildman–Crippen LogP) is 4.08. The number of hydrogen-bond donors (Lipinski definition) is 1. The van der Waals surface area contributed by atoms with Crippen LogP contribution in [0.2, 0.25) is 0 Å². The van der Waals surface area contributed by atoms with Gasteiger partial charge in [0.25, 0.3) is 5.91 Å². The summed E-state index contributed by atoms with van der Waals surface area (Å²) in [6, 6.07) is 18.5. The minimum absolute atomic E-state index is 0.0655. The third kappa shape index (κ3) is 4.94. The van der Waals surface area contributed by atoms with E-state index in [1.54, 1.807) is 13.0 Å². The van der Waals surface area contributed by atoms with Crippen LogP contribution < -0.4 is 5.32 Å². The fourth-order valence-electron chi connectivity index (χ4n) is 4.17. The average Bonchev–Trinajstić information content (AvgIpc) is 3.34. The highest BCUT2D eigenvalue weighted by atomic mass is 16.5. The fourth-order valence-corrected chi connectivity index (χ4v) is 4.17. The maximum atomic E-state index is 12.6. The first kappa shape index (κ1) is 20.3. The van der Waals surface area contributed by atoms with Crippen LogP contribution in [0.3, 0.4) is 0 Å². The number of carbonyl (C=O) groups is 1. The van der Waals surface area contributed by atoms with E-state index in [9.17, 15) is 4.79 Å². The van der Waals surface area contributed by atoms with Crippen molar-refractivity contribution in [3.8, 4) is 11.4 Å². The second kappa shape index (κ2) is 9.22. The zero-order chi connectivity index (χ0) is 20.9. The minimum atomic E-state index is -0.0655. The van der Waals surface area contributed by atoms with Gasteiger partial charge in [-0.1, -0.05) is 47.6 Å². The molecule has 0 unspecified atom stereocenters. The molecule has 1 fully saturated rings. The van der Waals surface area contributed by atoms with E-state index < -0.39 is 0 Å². The van der Waals surface area contributed by atoms with Gasteiger partial charge in [-0.3, -0.25) is 9.69 Å². The first-order valence-electron chi connectivity index (χ1n) is 10.6. The lowest BCUT2D eigenvalue weighted by Crippen LogP contribution is -2.28. The Morgan fingerprint density at radius 2 is 2.03 bits per heavy atom. The minimum Gasteiger partial charge on any atom is -0.352 e. The second-order valence-electron chi connectivity index (χ2n) is 8.13. The van der Waals surface area contributed by atoms with Crippen molar-refractivity contribution in [1.82, 2.24) is 20.4 Å². The van der Waals surface area contributed by atoms with Crippen molar-refractivity contribution < 1.29 is 9.32 Å². The molecule has 6 heteroatoms. The quantitative estimate of drug-likeness (QED) is 0.643. The van der Waals surface area contributed by atoms with Gasteiger partial charge in [-0.15, -0.1) is 0 Å². The van der Waals surface area contributed by atoms with Crippen molar-refractivity contribution in [2.45, 2.75) is 39.3 Å². The number of benzene rings is 2. The van der Waals surface area contributed by atoms with E-state index >= 15 is 0 Å². The summed E-state index contributed by atoms with van der Waals surface area (Å²) in [6.07, 6.45) is 2.17. The highest BCUT2D eigenvalue weighted by molar-refractivity contribution is 5.95. The lowest BCUT2D eigenvalue weighted by molar-refractivity contribution is 0.0951. The number of carbonyl (C=O) groups excluding carboxylic acids is 1. The Bertz CT molecular complexity index is 986. The lowest BCUT2D eigenvalue weighted by Gasteiger charge is -2.21. The average molecular weight is 405 g/mol. The molecule has 2 atom stereocenters. The molecule has 1 aliphatic rings. The molecular formula is C24H28N4O2. The van der Waals surface area contributed by atoms with E-state index in [1.165, 1.54) is 12.0 Å². The van der Waals surface area contributed by atoms with Gasteiger partial charge in [-0.05, 0) is 43.4 Å². The third-order valence-electron chi connectivity index (χ3n) is 5.77. The third-order valence-corrected chi connectivity index (χ3v) is 5.77. The first-order valence-corrected chi connectivity index (χ1v) is 10.6. The molecule has 2 aromatic carbocycles. The molecular weight excluding hydrogens is 376 g/mol. The highest BCUT2D eigenvalue weighted by Gasteiger charge is 2.28. The van der Waals surface area contributed by atoms with Gasteiger partial charge < -0.3 is 9.84 Å². The van der Waals surface area contributed by atoms with Crippen LogP contribution in [0.15, 0.2) is 59.1 Å². The van der Waals surface area contributed by atoms with Crippen LogP contribution in [-0.4, -0.2) is 40.1 Å². The van der Waals surface area contributed by atoms with Gasteiger partial charge in [0.1, 0.15) is 0 Å². The van der Waals surface area contributed by atoms with Crippen LogP contribution in [0.4, 0.5) is 0 Å². The lowest BCUT2D eigenvalue weighted by atomic mass is 10.0. The maximum Gasteiger partial charge on any atom is 0.251 e. The smallest absolute Gasteiger partial charge is 0.251 e. The van der Waals surface area contributed by atoms with Crippen LogP contribution >= 0.6 is 0 Å². The number of nitrogens with zero attached hydrogens (tertiary/aromatic N) is 3. The van der Waals surface area contributed by atoms with E-state index in [2.05, 4.69) is 57.6 Å². The number of aryl methyl sites for hydroxylation is 1. The molecule has 0 radical (unpaired) electrons. The molecule has 0 aliphatic carbocycles.